The maximum Gasteiger partial charge on any atom is 0.240 e. The van der Waals surface area contributed by atoms with Gasteiger partial charge in [-0.2, -0.15) is 15.0 Å². The van der Waals surface area contributed by atoms with Gasteiger partial charge >= 0.3 is 0 Å². The standard InChI is InChI=1S/C69H47N7/c1-8-22-48(23-9-1)51-36-40-63-59(44-51)61-46-57(73(53-28-14-4-15-29-53)54-30-16-5-17-31-54)38-42-65(61)75(63)68-70-67(50-26-12-3-13-27-50)71-69(72-68)76-64-41-37-52(49-24-10-2-11-25-49)45-60(64)62-47-58(39-43-66(62)76)74(55-32-18-6-19-33-55)56-34-20-7-21-35-56/h1-47H. The summed E-state index contributed by atoms with van der Waals surface area (Å²) in [6, 6.07) is 101. The second-order valence-electron chi connectivity index (χ2n) is 18.9. The first kappa shape index (κ1) is 44.3. The Labute approximate surface area is 440 Å². The van der Waals surface area contributed by atoms with Gasteiger partial charge in [-0.3, -0.25) is 9.13 Å². The zero-order chi connectivity index (χ0) is 50.4. The van der Waals surface area contributed by atoms with Crippen molar-refractivity contribution in [1.82, 2.24) is 24.1 Å². The first-order chi connectivity index (χ1) is 37.7. The predicted molar refractivity (Wildman–Crippen MR) is 314 cm³/mol. The Morgan fingerprint density at radius 3 is 0.855 bits per heavy atom. The summed E-state index contributed by atoms with van der Waals surface area (Å²) in [6.45, 7) is 0. The van der Waals surface area contributed by atoms with Gasteiger partial charge in [0.05, 0.1) is 22.1 Å². The third-order valence-electron chi connectivity index (χ3n) is 14.3. The molecule has 0 bridgehead atoms. The van der Waals surface area contributed by atoms with E-state index in [9.17, 15) is 0 Å². The number of nitrogens with zero attached hydrogens (tertiary/aromatic N) is 7. The fourth-order valence-corrected chi connectivity index (χ4v) is 10.8. The lowest BCUT2D eigenvalue weighted by Gasteiger charge is -2.25. The molecule has 14 aromatic rings. The average molecular weight is 974 g/mol. The van der Waals surface area contributed by atoms with Gasteiger partial charge in [-0.15, -0.1) is 0 Å². The zero-order valence-corrected chi connectivity index (χ0v) is 41.3. The summed E-state index contributed by atoms with van der Waals surface area (Å²) >= 11 is 0. The fourth-order valence-electron chi connectivity index (χ4n) is 10.8. The first-order valence-electron chi connectivity index (χ1n) is 25.6. The maximum atomic E-state index is 5.59. The summed E-state index contributed by atoms with van der Waals surface area (Å²) in [4.78, 5) is 21.1. The van der Waals surface area contributed by atoms with Crippen molar-refractivity contribution < 1.29 is 0 Å². The molecule has 358 valence electrons. The minimum atomic E-state index is 0.513. The molecule has 76 heavy (non-hydrogen) atoms. The summed E-state index contributed by atoms with van der Waals surface area (Å²) < 4.78 is 4.43. The van der Waals surface area contributed by atoms with Crippen molar-refractivity contribution in [3.8, 4) is 45.5 Å². The van der Waals surface area contributed by atoms with Crippen molar-refractivity contribution >= 4 is 77.7 Å². The number of aromatic nitrogens is 5. The molecule has 3 heterocycles. The van der Waals surface area contributed by atoms with Gasteiger partial charge in [0, 0.05) is 61.2 Å². The zero-order valence-electron chi connectivity index (χ0n) is 41.3. The van der Waals surface area contributed by atoms with E-state index in [-0.39, 0.29) is 0 Å². The van der Waals surface area contributed by atoms with Crippen LogP contribution in [0.5, 0.6) is 0 Å². The maximum absolute atomic E-state index is 5.59. The number of anilines is 6. The van der Waals surface area contributed by atoms with E-state index in [0.717, 1.165) is 106 Å². The largest absolute Gasteiger partial charge is 0.310 e. The number of rotatable bonds is 11. The van der Waals surface area contributed by atoms with Crippen LogP contribution in [0.4, 0.5) is 34.1 Å². The number of fused-ring (bicyclic) bond motifs is 6. The molecule has 0 fully saturated rings. The highest BCUT2D eigenvalue weighted by molar-refractivity contribution is 6.13. The lowest BCUT2D eigenvalue weighted by molar-refractivity contribution is 0.893. The highest BCUT2D eigenvalue weighted by Crippen LogP contribution is 2.43. The normalized spacial score (nSPS) is 11.4. The average Bonchev–Trinajstić information content (AvgIpc) is 4.13. The molecule has 14 rings (SSSR count). The van der Waals surface area contributed by atoms with Crippen molar-refractivity contribution in [2.75, 3.05) is 9.80 Å². The van der Waals surface area contributed by atoms with Crippen LogP contribution in [0.2, 0.25) is 0 Å². The van der Waals surface area contributed by atoms with Crippen LogP contribution in [0.25, 0.3) is 89.2 Å². The summed E-state index contributed by atoms with van der Waals surface area (Å²) in [5.41, 5.74) is 15.7. The SMILES string of the molecule is c1ccc(-c2ccc3c(c2)c2cc(N(c4ccccc4)c4ccccc4)ccc2n3-c2nc(-c3ccccc3)nc(-n3c4ccc(-c5ccccc5)cc4c4cc(N(c5ccccc5)c5ccccc5)ccc43)n2)cc1. The van der Waals surface area contributed by atoms with Crippen LogP contribution in [0.3, 0.4) is 0 Å². The molecular formula is C69H47N7. The Kier molecular flexibility index (Phi) is 11.0. The molecule has 0 aliphatic carbocycles. The smallest absolute Gasteiger partial charge is 0.240 e. The molecule has 0 aliphatic rings. The molecule has 3 aromatic heterocycles. The van der Waals surface area contributed by atoms with Gasteiger partial charge in [-0.05, 0) is 131 Å². The summed E-state index contributed by atoms with van der Waals surface area (Å²) in [7, 11) is 0. The predicted octanol–water partition coefficient (Wildman–Crippen LogP) is 18.0. The Morgan fingerprint density at radius 2 is 0.513 bits per heavy atom. The third-order valence-corrected chi connectivity index (χ3v) is 14.3. The van der Waals surface area contributed by atoms with E-state index in [1.165, 1.54) is 0 Å². The van der Waals surface area contributed by atoms with E-state index in [2.05, 4.69) is 286 Å². The van der Waals surface area contributed by atoms with Crippen LogP contribution < -0.4 is 9.80 Å². The van der Waals surface area contributed by atoms with Crippen LogP contribution >= 0.6 is 0 Å². The number of para-hydroxylation sites is 4. The fraction of sp³-hybridized carbons (Fsp3) is 0. The van der Waals surface area contributed by atoms with Crippen molar-refractivity contribution in [1.29, 1.82) is 0 Å². The number of hydrogen-bond donors (Lipinski definition) is 0. The molecule has 7 heteroatoms. The van der Waals surface area contributed by atoms with Crippen LogP contribution in [0.15, 0.2) is 285 Å². The quantitative estimate of drug-likeness (QED) is 0.129. The van der Waals surface area contributed by atoms with Gasteiger partial charge in [-0.25, -0.2) is 0 Å². The Balaban J connectivity index is 1.03. The molecular weight excluding hydrogens is 927 g/mol. The second kappa shape index (κ2) is 18.9. The van der Waals surface area contributed by atoms with Crippen molar-refractivity contribution in [2.24, 2.45) is 0 Å². The topological polar surface area (TPSA) is 55.0 Å². The third kappa shape index (κ3) is 7.91. The van der Waals surface area contributed by atoms with Crippen molar-refractivity contribution in [2.45, 2.75) is 0 Å². The van der Waals surface area contributed by atoms with E-state index in [4.69, 9.17) is 15.0 Å². The minimum absolute atomic E-state index is 0.513. The van der Waals surface area contributed by atoms with Crippen LogP contribution in [0.1, 0.15) is 0 Å². The molecule has 0 unspecified atom stereocenters. The summed E-state index contributed by atoms with van der Waals surface area (Å²) in [5.74, 6) is 1.59. The van der Waals surface area contributed by atoms with E-state index >= 15 is 0 Å². The van der Waals surface area contributed by atoms with Crippen molar-refractivity contribution in [3.05, 3.63) is 285 Å². The van der Waals surface area contributed by atoms with Gasteiger partial charge in [0.15, 0.2) is 5.82 Å². The minimum Gasteiger partial charge on any atom is -0.310 e. The lowest BCUT2D eigenvalue weighted by atomic mass is 10.0. The molecule has 0 amide bonds. The highest BCUT2D eigenvalue weighted by atomic mass is 15.3. The number of benzene rings is 11. The first-order valence-corrected chi connectivity index (χ1v) is 25.6. The van der Waals surface area contributed by atoms with E-state index in [1.807, 2.05) is 18.2 Å². The lowest BCUT2D eigenvalue weighted by Crippen LogP contribution is -2.11. The Bertz CT molecular complexity index is 4030. The molecule has 7 nitrogen and oxygen atoms in total. The van der Waals surface area contributed by atoms with Crippen LogP contribution in [0, 0.1) is 0 Å². The molecule has 0 saturated heterocycles. The second-order valence-corrected chi connectivity index (χ2v) is 18.9. The van der Waals surface area contributed by atoms with Gasteiger partial charge in [0.1, 0.15) is 0 Å². The Morgan fingerprint density at radius 1 is 0.224 bits per heavy atom. The molecule has 0 spiro atoms. The van der Waals surface area contributed by atoms with Crippen LogP contribution in [-0.4, -0.2) is 24.1 Å². The molecule has 11 aromatic carbocycles. The van der Waals surface area contributed by atoms with Crippen LogP contribution in [-0.2, 0) is 0 Å². The number of hydrogen-bond acceptors (Lipinski definition) is 5. The monoisotopic (exact) mass is 973 g/mol. The van der Waals surface area contributed by atoms with Gasteiger partial charge < -0.3 is 9.80 Å². The van der Waals surface area contributed by atoms with Gasteiger partial charge in [0.2, 0.25) is 11.9 Å². The van der Waals surface area contributed by atoms with Crippen molar-refractivity contribution in [3.63, 3.8) is 0 Å². The molecule has 0 saturated carbocycles. The van der Waals surface area contributed by atoms with E-state index in [0.29, 0.717) is 17.7 Å². The summed E-state index contributed by atoms with van der Waals surface area (Å²) in [5, 5.41) is 4.32. The molecule has 0 atom stereocenters. The van der Waals surface area contributed by atoms with Gasteiger partial charge in [-0.1, -0.05) is 176 Å². The highest BCUT2D eigenvalue weighted by Gasteiger charge is 2.24. The molecule has 0 aliphatic heterocycles. The van der Waals surface area contributed by atoms with E-state index in [1.54, 1.807) is 0 Å². The Hall–Kier alpha value is -10.4. The van der Waals surface area contributed by atoms with E-state index < -0.39 is 0 Å². The molecule has 0 radical (unpaired) electrons. The summed E-state index contributed by atoms with van der Waals surface area (Å²) in [6.07, 6.45) is 0. The molecule has 0 N–H and O–H groups in total. The van der Waals surface area contributed by atoms with Gasteiger partial charge in [0.25, 0.3) is 0 Å².